The van der Waals surface area contributed by atoms with Gasteiger partial charge < -0.3 is 15.1 Å². The summed E-state index contributed by atoms with van der Waals surface area (Å²) in [5.41, 5.74) is -0.0820. The Morgan fingerprint density at radius 2 is 1.88 bits per heavy atom. The lowest BCUT2D eigenvalue weighted by atomic mass is 9.81. The number of aromatic nitrogens is 3. The molecule has 0 saturated carbocycles. The van der Waals surface area contributed by atoms with E-state index in [2.05, 4.69) is 9.88 Å². The Morgan fingerprint density at radius 1 is 1.12 bits per heavy atom. The van der Waals surface area contributed by atoms with Crippen LogP contribution in [0, 0.1) is 5.92 Å². The molecular weight excluding hydrogens is 303 g/mol. The molecule has 2 aromatic heterocycles. The first-order chi connectivity index (χ1) is 11.5. The van der Waals surface area contributed by atoms with E-state index in [0.717, 1.165) is 42.8 Å². The van der Waals surface area contributed by atoms with Crippen LogP contribution in [0.3, 0.4) is 0 Å². The summed E-state index contributed by atoms with van der Waals surface area (Å²) in [4.78, 5) is 11.5. The second-order valence-corrected chi connectivity index (χ2v) is 6.57. The number of piperidine rings is 1. The SMILES string of the molecule is [B]C(O)(O)CC1CCN(c2ccn3c(n2)nc2ccccc23)CC1. The average Bonchev–Trinajstić information content (AvgIpc) is 2.91. The van der Waals surface area contributed by atoms with Crippen LogP contribution in [0.4, 0.5) is 5.82 Å². The van der Waals surface area contributed by atoms with Crippen LogP contribution < -0.4 is 4.90 Å². The predicted octanol–water partition coefficient (Wildman–Crippen LogP) is 1.30. The topological polar surface area (TPSA) is 73.9 Å². The van der Waals surface area contributed by atoms with Gasteiger partial charge in [0.1, 0.15) is 11.5 Å². The molecule has 2 radical (unpaired) electrons. The third-order valence-electron chi connectivity index (χ3n) is 4.69. The van der Waals surface area contributed by atoms with Gasteiger partial charge in [0, 0.05) is 19.3 Å². The van der Waals surface area contributed by atoms with E-state index >= 15 is 0 Å². The largest absolute Gasteiger partial charge is 0.375 e. The van der Waals surface area contributed by atoms with Crippen molar-refractivity contribution in [3.8, 4) is 0 Å². The molecule has 0 aliphatic carbocycles. The van der Waals surface area contributed by atoms with Crippen molar-refractivity contribution in [2.24, 2.45) is 5.92 Å². The summed E-state index contributed by atoms with van der Waals surface area (Å²) in [5, 5.41) is 18.7. The van der Waals surface area contributed by atoms with Gasteiger partial charge in [0.2, 0.25) is 5.78 Å². The van der Waals surface area contributed by atoms with Gasteiger partial charge in [-0.2, -0.15) is 4.98 Å². The second-order valence-electron chi connectivity index (χ2n) is 6.57. The summed E-state index contributed by atoms with van der Waals surface area (Å²) in [6.45, 7) is 1.65. The maximum Gasteiger partial charge on any atom is 0.236 e. The van der Waals surface area contributed by atoms with Crippen LogP contribution in [-0.2, 0) is 0 Å². The zero-order valence-electron chi connectivity index (χ0n) is 13.3. The Balaban J connectivity index is 1.54. The monoisotopic (exact) mass is 322 g/mol. The van der Waals surface area contributed by atoms with E-state index in [4.69, 9.17) is 12.8 Å². The molecule has 1 fully saturated rings. The highest BCUT2D eigenvalue weighted by Gasteiger charge is 2.26. The van der Waals surface area contributed by atoms with Crippen molar-refractivity contribution in [2.45, 2.75) is 24.9 Å². The first kappa shape index (κ1) is 15.4. The number of benzene rings is 1. The molecule has 3 aromatic rings. The molecule has 1 aliphatic heterocycles. The quantitative estimate of drug-likeness (QED) is 0.562. The van der Waals surface area contributed by atoms with Gasteiger partial charge in [-0.3, -0.25) is 4.40 Å². The molecule has 1 saturated heterocycles. The molecular formula is C17H19BN4O2. The van der Waals surface area contributed by atoms with E-state index in [1.165, 1.54) is 0 Å². The number of imidazole rings is 1. The summed E-state index contributed by atoms with van der Waals surface area (Å²) in [7, 11) is 5.29. The van der Waals surface area contributed by atoms with E-state index in [0.29, 0.717) is 5.78 Å². The van der Waals surface area contributed by atoms with E-state index in [1.54, 1.807) is 0 Å². The summed E-state index contributed by atoms with van der Waals surface area (Å²) in [6.07, 6.45) is 3.94. The third kappa shape index (κ3) is 2.97. The fourth-order valence-corrected chi connectivity index (χ4v) is 3.51. The first-order valence-corrected chi connectivity index (χ1v) is 8.22. The van der Waals surface area contributed by atoms with Crippen LogP contribution in [0.2, 0.25) is 0 Å². The second kappa shape index (κ2) is 5.75. The number of aliphatic hydroxyl groups is 2. The maximum atomic E-state index is 9.34. The molecule has 0 amide bonds. The first-order valence-electron chi connectivity index (χ1n) is 8.22. The van der Waals surface area contributed by atoms with Crippen molar-refractivity contribution in [2.75, 3.05) is 18.0 Å². The van der Waals surface area contributed by atoms with E-state index < -0.39 is 5.69 Å². The zero-order chi connectivity index (χ0) is 16.7. The smallest absolute Gasteiger partial charge is 0.236 e. The summed E-state index contributed by atoms with van der Waals surface area (Å²) >= 11 is 0. The predicted molar refractivity (Wildman–Crippen MR) is 93.0 cm³/mol. The molecule has 7 heteroatoms. The normalized spacial score (nSPS) is 17.0. The van der Waals surface area contributed by atoms with Gasteiger partial charge in [-0.05, 0) is 43.4 Å². The van der Waals surface area contributed by atoms with Crippen LogP contribution in [-0.4, -0.2) is 51.2 Å². The zero-order valence-corrected chi connectivity index (χ0v) is 13.3. The minimum absolute atomic E-state index is 0.207. The van der Waals surface area contributed by atoms with Crippen molar-refractivity contribution in [1.82, 2.24) is 14.4 Å². The Morgan fingerprint density at radius 3 is 2.62 bits per heavy atom. The van der Waals surface area contributed by atoms with Gasteiger partial charge in [-0.1, -0.05) is 12.1 Å². The molecule has 1 aliphatic rings. The molecule has 4 rings (SSSR count). The fraction of sp³-hybridized carbons (Fsp3) is 0.412. The summed E-state index contributed by atoms with van der Waals surface area (Å²) in [5.74, 6) is 1.82. The van der Waals surface area contributed by atoms with E-state index in [9.17, 15) is 10.2 Å². The van der Waals surface area contributed by atoms with Gasteiger partial charge in [0.25, 0.3) is 0 Å². The highest BCUT2D eigenvalue weighted by molar-refractivity contribution is 6.12. The number of anilines is 1. The Hall–Kier alpha value is -2.12. The van der Waals surface area contributed by atoms with Crippen molar-refractivity contribution >= 4 is 30.5 Å². The molecule has 2 N–H and O–H groups in total. The molecule has 24 heavy (non-hydrogen) atoms. The molecule has 0 spiro atoms. The van der Waals surface area contributed by atoms with Crippen LogP contribution in [0.1, 0.15) is 19.3 Å². The maximum absolute atomic E-state index is 9.34. The number of nitrogens with zero attached hydrogens (tertiary/aromatic N) is 4. The number of hydrogen-bond acceptors (Lipinski definition) is 5. The van der Waals surface area contributed by atoms with E-state index in [-0.39, 0.29) is 12.3 Å². The van der Waals surface area contributed by atoms with Crippen LogP contribution in [0.15, 0.2) is 36.5 Å². The van der Waals surface area contributed by atoms with Crippen molar-refractivity contribution in [3.63, 3.8) is 0 Å². The van der Waals surface area contributed by atoms with Crippen molar-refractivity contribution in [1.29, 1.82) is 0 Å². The molecule has 0 atom stereocenters. The lowest BCUT2D eigenvalue weighted by Crippen LogP contribution is -2.38. The lowest BCUT2D eigenvalue weighted by molar-refractivity contribution is -0.102. The molecule has 6 nitrogen and oxygen atoms in total. The molecule has 3 heterocycles. The average molecular weight is 322 g/mol. The van der Waals surface area contributed by atoms with Gasteiger partial charge in [0.05, 0.1) is 11.0 Å². The van der Waals surface area contributed by atoms with Crippen molar-refractivity contribution in [3.05, 3.63) is 36.5 Å². The minimum Gasteiger partial charge on any atom is -0.375 e. The number of fused-ring (bicyclic) bond motifs is 3. The van der Waals surface area contributed by atoms with Crippen LogP contribution in [0.5, 0.6) is 0 Å². The Kier molecular flexibility index (Phi) is 3.70. The standard InChI is InChI=1S/C17H19BN4O2/c18-17(23,24)11-12-5-8-21(9-6-12)15-7-10-22-14-4-2-1-3-13(14)19-16(22)20-15/h1-4,7,10,12,23-24H,5-6,8-9,11H2. The summed E-state index contributed by atoms with van der Waals surface area (Å²) < 4.78 is 1.99. The van der Waals surface area contributed by atoms with Crippen LogP contribution >= 0.6 is 0 Å². The molecule has 1 aromatic carbocycles. The highest BCUT2D eigenvalue weighted by Crippen LogP contribution is 2.27. The third-order valence-corrected chi connectivity index (χ3v) is 4.69. The molecule has 0 unspecified atom stereocenters. The minimum atomic E-state index is -2.07. The Bertz CT molecular complexity index is 866. The van der Waals surface area contributed by atoms with Gasteiger partial charge in [-0.25, -0.2) is 4.98 Å². The van der Waals surface area contributed by atoms with E-state index in [1.807, 2.05) is 40.9 Å². The number of para-hydroxylation sites is 2. The van der Waals surface area contributed by atoms with Gasteiger partial charge in [-0.15, -0.1) is 0 Å². The number of rotatable bonds is 3. The van der Waals surface area contributed by atoms with Crippen molar-refractivity contribution < 1.29 is 10.2 Å². The van der Waals surface area contributed by atoms with Gasteiger partial charge >= 0.3 is 0 Å². The summed E-state index contributed by atoms with van der Waals surface area (Å²) in [6, 6.07) is 9.99. The lowest BCUT2D eigenvalue weighted by Gasteiger charge is -2.34. The Labute approximate surface area is 141 Å². The highest BCUT2D eigenvalue weighted by atomic mass is 16.5. The molecule has 0 bridgehead atoms. The van der Waals surface area contributed by atoms with Gasteiger partial charge in [0.15, 0.2) is 7.85 Å². The molecule has 122 valence electrons. The van der Waals surface area contributed by atoms with Crippen LogP contribution in [0.25, 0.3) is 16.8 Å². The fourth-order valence-electron chi connectivity index (χ4n) is 3.51. The number of hydrogen-bond donors (Lipinski definition) is 2.